The van der Waals surface area contributed by atoms with Crippen LogP contribution in [-0.2, 0) is 9.53 Å². The van der Waals surface area contributed by atoms with Crippen LogP contribution in [-0.4, -0.2) is 40.8 Å². The second-order valence-corrected chi connectivity index (χ2v) is 6.53. The van der Waals surface area contributed by atoms with Crippen LogP contribution in [0.15, 0.2) is 0 Å². The summed E-state index contributed by atoms with van der Waals surface area (Å²) in [4.78, 5) is 24.2. The molecule has 102 valence electrons. The van der Waals surface area contributed by atoms with Gasteiger partial charge in [0, 0.05) is 24.9 Å². The Kier molecular flexibility index (Phi) is 3.03. The van der Waals surface area contributed by atoms with E-state index in [1.807, 2.05) is 20.8 Å². The minimum atomic E-state index is -0.741. The number of carboxylic acid groups (broad SMARTS) is 1. The van der Waals surface area contributed by atoms with Crippen LogP contribution in [0, 0.1) is 11.3 Å². The number of rotatable bonds is 2. The predicted molar refractivity (Wildman–Crippen MR) is 65.2 cm³/mol. The van der Waals surface area contributed by atoms with E-state index in [4.69, 9.17) is 9.84 Å². The fraction of sp³-hybridized carbons (Fsp3) is 0.846. The number of carbonyl (C=O) groups is 2. The zero-order valence-electron chi connectivity index (χ0n) is 11.2. The highest BCUT2D eigenvalue weighted by Gasteiger charge is 2.56. The number of nitrogens with zero attached hydrogens (tertiary/aromatic N) is 1. The Morgan fingerprint density at radius 2 is 2.00 bits per heavy atom. The van der Waals surface area contributed by atoms with Crippen molar-refractivity contribution in [3.63, 3.8) is 0 Å². The van der Waals surface area contributed by atoms with Crippen molar-refractivity contribution < 1.29 is 19.4 Å². The normalized spacial score (nSPS) is 25.3. The van der Waals surface area contributed by atoms with E-state index in [1.54, 1.807) is 4.90 Å². The van der Waals surface area contributed by atoms with Gasteiger partial charge < -0.3 is 14.7 Å². The molecule has 1 heterocycles. The highest BCUT2D eigenvalue weighted by molar-refractivity contribution is 5.70. The van der Waals surface area contributed by atoms with Crippen LogP contribution >= 0.6 is 0 Å². The lowest BCUT2D eigenvalue weighted by molar-refractivity contribution is -0.149. The van der Waals surface area contributed by atoms with Gasteiger partial charge in [0.25, 0.3) is 0 Å². The number of hydrogen-bond donors (Lipinski definition) is 1. The minimum Gasteiger partial charge on any atom is -0.481 e. The lowest BCUT2D eigenvalue weighted by Crippen LogP contribution is -2.66. The molecule has 0 aromatic carbocycles. The molecule has 0 bridgehead atoms. The standard InChI is InChI=1S/C13H21NO4/c1-12(2,3)18-11(17)14-7-13(8-14)5-4-9(13)6-10(15)16/h9H,4-8H2,1-3H3,(H,15,16)/t9-/m1/s1. The molecule has 1 N–H and O–H groups in total. The maximum absolute atomic E-state index is 11.8. The van der Waals surface area contributed by atoms with Crippen molar-refractivity contribution in [3.05, 3.63) is 0 Å². The second-order valence-electron chi connectivity index (χ2n) is 6.53. The van der Waals surface area contributed by atoms with E-state index in [1.165, 1.54) is 0 Å². The average Bonchev–Trinajstić information content (AvgIpc) is 2.07. The fourth-order valence-corrected chi connectivity index (χ4v) is 2.87. The zero-order chi connectivity index (χ0) is 13.6. The van der Waals surface area contributed by atoms with E-state index < -0.39 is 11.6 Å². The summed E-state index contributed by atoms with van der Waals surface area (Å²) in [5, 5.41) is 8.82. The molecule has 1 saturated heterocycles. The predicted octanol–water partition coefficient (Wildman–Crippen LogP) is 2.11. The molecule has 1 aliphatic carbocycles. The van der Waals surface area contributed by atoms with E-state index >= 15 is 0 Å². The molecule has 0 unspecified atom stereocenters. The van der Waals surface area contributed by atoms with Crippen molar-refractivity contribution in [2.75, 3.05) is 13.1 Å². The average molecular weight is 255 g/mol. The van der Waals surface area contributed by atoms with Gasteiger partial charge in [0.05, 0.1) is 0 Å². The third kappa shape index (κ3) is 2.44. The third-order valence-corrected chi connectivity index (χ3v) is 3.94. The first-order valence-corrected chi connectivity index (χ1v) is 6.42. The van der Waals surface area contributed by atoms with Crippen molar-refractivity contribution in [2.24, 2.45) is 11.3 Å². The molecule has 1 amide bonds. The summed E-state index contributed by atoms with van der Waals surface area (Å²) >= 11 is 0. The molecule has 1 aliphatic heterocycles. The topological polar surface area (TPSA) is 66.8 Å². The zero-order valence-corrected chi connectivity index (χ0v) is 11.2. The van der Waals surface area contributed by atoms with Crippen molar-refractivity contribution in [3.8, 4) is 0 Å². The smallest absolute Gasteiger partial charge is 0.410 e. The lowest BCUT2D eigenvalue weighted by atomic mass is 9.55. The Morgan fingerprint density at radius 1 is 1.39 bits per heavy atom. The van der Waals surface area contributed by atoms with Crippen LogP contribution in [0.5, 0.6) is 0 Å². The van der Waals surface area contributed by atoms with Gasteiger partial charge in [-0.05, 0) is 39.5 Å². The number of carboxylic acids is 1. The van der Waals surface area contributed by atoms with Gasteiger partial charge in [-0.15, -0.1) is 0 Å². The van der Waals surface area contributed by atoms with E-state index in [-0.39, 0.29) is 23.8 Å². The first-order chi connectivity index (χ1) is 8.22. The second kappa shape index (κ2) is 4.14. The number of carbonyl (C=O) groups excluding carboxylic acids is 1. The molecule has 0 aromatic rings. The lowest BCUT2D eigenvalue weighted by Gasteiger charge is -2.60. The highest BCUT2D eigenvalue weighted by Crippen LogP contribution is 2.54. The van der Waals surface area contributed by atoms with Crippen LogP contribution in [0.3, 0.4) is 0 Å². The van der Waals surface area contributed by atoms with Crippen LogP contribution in [0.25, 0.3) is 0 Å². The van der Waals surface area contributed by atoms with Crippen LogP contribution in [0.1, 0.15) is 40.0 Å². The maximum Gasteiger partial charge on any atom is 0.410 e. The molecule has 18 heavy (non-hydrogen) atoms. The van der Waals surface area contributed by atoms with Crippen molar-refractivity contribution in [1.29, 1.82) is 0 Å². The molecular weight excluding hydrogens is 234 g/mol. The SMILES string of the molecule is CC(C)(C)OC(=O)N1CC2(CC[C@@H]2CC(=O)O)C1. The molecule has 5 nitrogen and oxygen atoms in total. The number of likely N-dealkylation sites (tertiary alicyclic amines) is 1. The molecule has 1 saturated carbocycles. The number of ether oxygens (including phenoxy) is 1. The number of aliphatic carboxylic acids is 1. The van der Waals surface area contributed by atoms with Crippen LogP contribution < -0.4 is 0 Å². The molecule has 2 aliphatic rings. The van der Waals surface area contributed by atoms with Crippen molar-refractivity contribution in [1.82, 2.24) is 4.90 Å². The summed E-state index contributed by atoms with van der Waals surface area (Å²) < 4.78 is 5.29. The quantitative estimate of drug-likeness (QED) is 0.820. The first-order valence-electron chi connectivity index (χ1n) is 6.42. The summed E-state index contributed by atoms with van der Waals surface area (Å²) in [5.41, 5.74) is -0.408. The molecule has 5 heteroatoms. The van der Waals surface area contributed by atoms with Crippen molar-refractivity contribution in [2.45, 2.75) is 45.6 Å². The third-order valence-electron chi connectivity index (χ3n) is 3.94. The van der Waals surface area contributed by atoms with Crippen LogP contribution in [0.4, 0.5) is 4.79 Å². The minimum absolute atomic E-state index is 0.0648. The Balaban J connectivity index is 1.83. The Labute approximate surface area is 107 Å². The summed E-state index contributed by atoms with van der Waals surface area (Å²) in [5.74, 6) is -0.511. The number of amides is 1. The van der Waals surface area contributed by atoms with Gasteiger partial charge in [-0.1, -0.05) is 0 Å². The Bertz CT molecular complexity index is 366. The fourth-order valence-electron chi connectivity index (χ4n) is 2.87. The molecule has 0 radical (unpaired) electrons. The van der Waals surface area contributed by atoms with Gasteiger partial charge in [0.1, 0.15) is 5.60 Å². The van der Waals surface area contributed by atoms with Gasteiger partial charge in [-0.2, -0.15) is 0 Å². The Hall–Kier alpha value is -1.26. The van der Waals surface area contributed by atoms with E-state index in [9.17, 15) is 9.59 Å². The van der Waals surface area contributed by atoms with Gasteiger partial charge in [-0.25, -0.2) is 4.79 Å². The van der Waals surface area contributed by atoms with Gasteiger partial charge >= 0.3 is 12.1 Å². The summed E-state index contributed by atoms with van der Waals surface area (Å²) in [6.07, 6.45) is 1.94. The van der Waals surface area contributed by atoms with E-state index in [0.29, 0.717) is 13.1 Å². The Morgan fingerprint density at radius 3 is 2.39 bits per heavy atom. The van der Waals surface area contributed by atoms with E-state index in [0.717, 1.165) is 12.8 Å². The molecule has 1 atom stereocenters. The van der Waals surface area contributed by atoms with Gasteiger partial charge in [0.2, 0.25) is 0 Å². The number of hydrogen-bond acceptors (Lipinski definition) is 3. The molecular formula is C13H21NO4. The first kappa shape index (κ1) is 13.2. The molecule has 1 spiro atoms. The summed E-state index contributed by atoms with van der Waals surface area (Å²) in [6, 6.07) is 0. The largest absolute Gasteiger partial charge is 0.481 e. The molecule has 2 fully saturated rings. The van der Waals surface area contributed by atoms with Gasteiger partial charge in [-0.3, -0.25) is 4.79 Å². The summed E-state index contributed by atoms with van der Waals surface area (Å²) in [7, 11) is 0. The van der Waals surface area contributed by atoms with Gasteiger partial charge in [0.15, 0.2) is 0 Å². The molecule has 2 rings (SSSR count). The maximum atomic E-state index is 11.8. The van der Waals surface area contributed by atoms with Crippen molar-refractivity contribution >= 4 is 12.1 Å². The monoisotopic (exact) mass is 255 g/mol. The van der Waals surface area contributed by atoms with E-state index in [2.05, 4.69) is 0 Å². The molecule has 0 aromatic heterocycles. The van der Waals surface area contributed by atoms with Crippen LogP contribution in [0.2, 0.25) is 0 Å². The summed E-state index contributed by atoms with van der Waals surface area (Å²) in [6.45, 7) is 6.84. The highest BCUT2D eigenvalue weighted by atomic mass is 16.6.